The van der Waals surface area contributed by atoms with Crippen molar-refractivity contribution >= 4 is 22.2 Å². The fraction of sp³-hybridized carbons (Fsp3) is 0.320. The summed E-state index contributed by atoms with van der Waals surface area (Å²) >= 11 is 6.20. The summed E-state index contributed by atoms with van der Waals surface area (Å²) in [6, 6.07) is 2.14. The second kappa shape index (κ2) is 10.1. The monoisotopic (exact) mass is 377 g/mol. The number of terminal acetylenes is 1. The van der Waals surface area contributed by atoms with Crippen LogP contribution in [-0.4, -0.2) is 4.98 Å². The van der Waals surface area contributed by atoms with Crippen LogP contribution < -0.4 is 0 Å². The zero-order valence-electron chi connectivity index (χ0n) is 16.7. The Kier molecular flexibility index (Phi) is 7.89. The molecule has 140 valence electrons. The number of hydrogen-bond acceptors (Lipinski definition) is 1. The summed E-state index contributed by atoms with van der Waals surface area (Å²) in [6.07, 6.45) is 23.2. The van der Waals surface area contributed by atoms with Crippen LogP contribution in [0.2, 0.25) is 0 Å². The molecule has 1 aliphatic rings. The first-order chi connectivity index (χ1) is 12.9. The van der Waals surface area contributed by atoms with E-state index in [9.17, 15) is 0 Å². The molecule has 0 aromatic carbocycles. The Balaban J connectivity index is 1.99. The van der Waals surface area contributed by atoms with Gasteiger partial charge in [-0.15, -0.1) is 6.42 Å². The molecule has 1 atom stereocenters. The maximum Gasteiger partial charge on any atom is 0.0842 e. The van der Waals surface area contributed by atoms with Gasteiger partial charge in [-0.1, -0.05) is 65.1 Å². The minimum Gasteiger partial charge on any atom is -0.254 e. The largest absolute Gasteiger partial charge is 0.254 e. The molecular weight excluding hydrogens is 350 g/mol. The number of rotatable bonds is 6. The van der Waals surface area contributed by atoms with Crippen LogP contribution in [0.15, 0.2) is 59.9 Å². The van der Waals surface area contributed by atoms with E-state index in [0.717, 1.165) is 36.1 Å². The molecule has 2 heteroatoms. The second-order valence-corrected chi connectivity index (χ2v) is 7.44. The molecular formula is C25H28ClN. The SMILES string of the molecule is C#CC1C=CC(CC/C(C)=C\C=C(/C)c2cnc(/C(Cl)=C\C)c(C)c2)=CC1. The maximum atomic E-state index is 6.20. The van der Waals surface area contributed by atoms with E-state index < -0.39 is 0 Å². The minimum atomic E-state index is 0.266. The standard InChI is InChI=1S/C25H28ClN/c1-6-21-12-14-22(15-13-21)11-9-18(3)8-10-19(4)23-16-20(5)25(27-17-23)24(26)7-2/h1,7-8,10,12,14-17,21H,9,11,13H2,2-5H3/b18-8-,19-10+,24-7+. The average Bonchev–Trinajstić information content (AvgIpc) is 2.70. The first-order valence-electron chi connectivity index (χ1n) is 9.41. The molecule has 0 bridgehead atoms. The van der Waals surface area contributed by atoms with Crippen molar-refractivity contribution in [2.75, 3.05) is 0 Å². The van der Waals surface area contributed by atoms with E-state index in [-0.39, 0.29) is 5.92 Å². The first kappa shape index (κ1) is 21.0. The maximum absolute atomic E-state index is 6.20. The molecule has 1 aromatic rings. The first-order valence-corrected chi connectivity index (χ1v) is 9.79. The third kappa shape index (κ3) is 6.12. The van der Waals surface area contributed by atoms with Gasteiger partial charge in [0.25, 0.3) is 0 Å². The van der Waals surface area contributed by atoms with Crippen molar-refractivity contribution in [3.8, 4) is 12.3 Å². The lowest BCUT2D eigenvalue weighted by atomic mass is 9.94. The Morgan fingerprint density at radius 1 is 1.37 bits per heavy atom. The van der Waals surface area contributed by atoms with E-state index >= 15 is 0 Å². The average molecular weight is 378 g/mol. The zero-order valence-corrected chi connectivity index (χ0v) is 17.5. The molecule has 2 rings (SSSR count). The van der Waals surface area contributed by atoms with E-state index in [2.05, 4.69) is 61.2 Å². The van der Waals surface area contributed by atoms with Crippen molar-refractivity contribution in [3.63, 3.8) is 0 Å². The Bertz CT molecular complexity index is 872. The molecule has 0 amide bonds. The van der Waals surface area contributed by atoms with Crippen molar-refractivity contribution in [3.05, 3.63) is 76.7 Å². The molecule has 0 saturated heterocycles. The lowest BCUT2D eigenvalue weighted by Crippen LogP contribution is -1.96. The lowest BCUT2D eigenvalue weighted by molar-refractivity contribution is 0.822. The topological polar surface area (TPSA) is 12.9 Å². The normalized spacial score (nSPS) is 18.3. The highest BCUT2D eigenvalue weighted by molar-refractivity contribution is 6.48. The summed E-state index contributed by atoms with van der Waals surface area (Å²) in [5.41, 5.74) is 7.00. The van der Waals surface area contributed by atoms with Crippen molar-refractivity contribution in [1.82, 2.24) is 4.98 Å². The fourth-order valence-electron chi connectivity index (χ4n) is 2.94. The summed E-state index contributed by atoms with van der Waals surface area (Å²) in [7, 11) is 0. The molecule has 1 unspecified atom stereocenters. The minimum absolute atomic E-state index is 0.266. The van der Waals surface area contributed by atoms with E-state index in [1.807, 2.05) is 26.1 Å². The van der Waals surface area contributed by atoms with Crippen LogP contribution in [0.5, 0.6) is 0 Å². The molecule has 0 N–H and O–H groups in total. The number of allylic oxidation sites excluding steroid dienone is 9. The van der Waals surface area contributed by atoms with Crippen molar-refractivity contribution in [2.24, 2.45) is 5.92 Å². The molecule has 27 heavy (non-hydrogen) atoms. The predicted octanol–water partition coefficient (Wildman–Crippen LogP) is 7.26. The van der Waals surface area contributed by atoms with Gasteiger partial charge in [0.05, 0.1) is 10.7 Å². The quantitative estimate of drug-likeness (QED) is 0.375. The van der Waals surface area contributed by atoms with E-state index in [4.69, 9.17) is 18.0 Å². The van der Waals surface area contributed by atoms with Crippen LogP contribution in [0, 0.1) is 25.2 Å². The van der Waals surface area contributed by atoms with Crippen LogP contribution >= 0.6 is 11.6 Å². The molecule has 0 spiro atoms. The summed E-state index contributed by atoms with van der Waals surface area (Å²) in [6.45, 7) is 8.26. The molecule has 0 aliphatic heterocycles. The van der Waals surface area contributed by atoms with Gasteiger partial charge >= 0.3 is 0 Å². The Labute approximate surface area is 169 Å². The highest BCUT2D eigenvalue weighted by atomic mass is 35.5. The van der Waals surface area contributed by atoms with Crippen LogP contribution in [0.3, 0.4) is 0 Å². The van der Waals surface area contributed by atoms with Gasteiger partial charge in [0.2, 0.25) is 0 Å². The molecule has 1 heterocycles. The van der Waals surface area contributed by atoms with E-state index in [1.54, 1.807) is 0 Å². The van der Waals surface area contributed by atoms with Crippen molar-refractivity contribution in [1.29, 1.82) is 0 Å². The third-order valence-corrected chi connectivity index (χ3v) is 5.23. The lowest BCUT2D eigenvalue weighted by Gasteiger charge is -2.11. The predicted molar refractivity (Wildman–Crippen MR) is 119 cm³/mol. The number of aryl methyl sites for hydroxylation is 1. The summed E-state index contributed by atoms with van der Waals surface area (Å²) in [4.78, 5) is 4.52. The number of pyridine rings is 1. The Hall–Kier alpha value is -2.30. The van der Waals surface area contributed by atoms with Gasteiger partial charge in [0.1, 0.15) is 0 Å². The van der Waals surface area contributed by atoms with Crippen LogP contribution in [-0.2, 0) is 0 Å². The molecule has 0 fully saturated rings. The summed E-state index contributed by atoms with van der Waals surface area (Å²) < 4.78 is 0. The molecule has 0 radical (unpaired) electrons. The highest BCUT2D eigenvalue weighted by Gasteiger charge is 2.07. The molecule has 1 aliphatic carbocycles. The van der Waals surface area contributed by atoms with Crippen molar-refractivity contribution < 1.29 is 0 Å². The summed E-state index contributed by atoms with van der Waals surface area (Å²) in [5.74, 6) is 3.05. The van der Waals surface area contributed by atoms with Crippen LogP contribution in [0.1, 0.15) is 56.9 Å². The molecule has 0 saturated carbocycles. The smallest absolute Gasteiger partial charge is 0.0842 e. The number of hydrogen-bond donors (Lipinski definition) is 0. The Morgan fingerprint density at radius 2 is 2.15 bits per heavy atom. The number of aromatic nitrogens is 1. The second-order valence-electron chi connectivity index (χ2n) is 7.04. The van der Waals surface area contributed by atoms with Crippen molar-refractivity contribution in [2.45, 2.75) is 47.0 Å². The van der Waals surface area contributed by atoms with E-state index in [1.165, 1.54) is 16.7 Å². The summed E-state index contributed by atoms with van der Waals surface area (Å²) in [5, 5.41) is 0.691. The molecule has 1 nitrogen and oxygen atoms in total. The van der Waals surface area contributed by atoms with Gasteiger partial charge in [-0.3, -0.25) is 4.98 Å². The van der Waals surface area contributed by atoms with Crippen LogP contribution in [0.4, 0.5) is 0 Å². The highest BCUT2D eigenvalue weighted by Crippen LogP contribution is 2.24. The zero-order chi connectivity index (χ0) is 19.8. The fourth-order valence-corrected chi connectivity index (χ4v) is 3.14. The van der Waals surface area contributed by atoms with Gasteiger partial charge in [0.15, 0.2) is 0 Å². The van der Waals surface area contributed by atoms with Gasteiger partial charge in [0, 0.05) is 12.1 Å². The number of halogens is 1. The number of nitrogens with zero attached hydrogens (tertiary/aromatic N) is 1. The third-order valence-electron chi connectivity index (χ3n) is 4.83. The molecule has 1 aromatic heterocycles. The van der Waals surface area contributed by atoms with Gasteiger partial charge < -0.3 is 0 Å². The van der Waals surface area contributed by atoms with Crippen LogP contribution in [0.25, 0.3) is 10.6 Å². The van der Waals surface area contributed by atoms with Gasteiger partial charge in [-0.05, 0) is 69.7 Å². The van der Waals surface area contributed by atoms with Gasteiger partial charge in [-0.2, -0.15) is 0 Å². The Morgan fingerprint density at radius 3 is 2.74 bits per heavy atom. The van der Waals surface area contributed by atoms with E-state index in [0.29, 0.717) is 5.03 Å². The van der Waals surface area contributed by atoms with Gasteiger partial charge in [-0.25, -0.2) is 0 Å².